The van der Waals surface area contributed by atoms with Gasteiger partial charge in [0.2, 0.25) is 0 Å². The Morgan fingerprint density at radius 1 is 1.19 bits per heavy atom. The molecule has 0 aromatic carbocycles. The zero-order valence-corrected chi connectivity index (χ0v) is 12.4. The van der Waals surface area contributed by atoms with Crippen molar-refractivity contribution in [3.63, 3.8) is 0 Å². The number of carbonyl (C=O) groups excluding carboxylic acids is 2. The van der Waals surface area contributed by atoms with Crippen LogP contribution in [0.2, 0.25) is 0 Å². The van der Waals surface area contributed by atoms with Gasteiger partial charge in [-0.1, -0.05) is 26.7 Å². The Bertz CT molecular complexity index is 380. The van der Waals surface area contributed by atoms with Crippen molar-refractivity contribution in [2.24, 2.45) is 0 Å². The molecule has 0 rings (SSSR count). The van der Waals surface area contributed by atoms with Crippen LogP contribution in [0.5, 0.6) is 0 Å². The first kappa shape index (κ1) is 19.1. The number of carboxylic acid groups (broad SMARTS) is 1. The van der Waals surface area contributed by atoms with E-state index >= 15 is 0 Å². The Kier molecular flexibility index (Phi) is 9.87. The standard InChI is InChI=1S/C14H23NO6/c1-3-5-6-11(16)10-15(9-4-2)14(20)21-13(19)8-7-12(17)18/h7-8,11,16H,3-6,9-10H2,1-2H3,(H,17,18). The number of aliphatic hydroxyl groups excluding tert-OH is 1. The predicted octanol–water partition coefficient (Wildman–Crippen LogP) is 1.55. The van der Waals surface area contributed by atoms with Crippen molar-refractivity contribution in [1.29, 1.82) is 0 Å². The molecule has 21 heavy (non-hydrogen) atoms. The molecule has 0 radical (unpaired) electrons. The van der Waals surface area contributed by atoms with Gasteiger partial charge >= 0.3 is 18.0 Å². The summed E-state index contributed by atoms with van der Waals surface area (Å²) in [4.78, 5) is 34.5. The van der Waals surface area contributed by atoms with Crippen molar-refractivity contribution < 1.29 is 29.3 Å². The van der Waals surface area contributed by atoms with Gasteiger partial charge in [0.25, 0.3) is 0 Å². The van der Waals surface area contributed by atoms with Crippen LogP contribution in [0.15, 0.2) is 12.2 Å². The van der Waals surface area contributed by atoms with E-state index in [0.29, 0.717) is 31.5 Å². The molecule has 1 amide bonds. The number of hydrogen-bond donors (Lipinski definition) is 2. The van der Waals surface area contributed by atoms with Crippen molar-refractivity contribution in [2.45, 2.75) is 45.6 Å². The molecule has 0 saturated carbocycles. The molecule has 0 bridgehead atoms. The molecule has 0 fully saturated rings. The average molecular weight is 301 g/mol. The molecular formula is C14H23NO6. The maximum atomic E-state index is 11.8. The highest BCUT2D eigenvalue weighted by atomic mass is 16.6. The summed E-state index contributed by atoms with van der Waals surface area (Å²) in [5.41, 5.74) is 0. The number of rotatable bonds is 9. The van der Waals surface area contributed by atoms with E-state index in [1.165, 1.54) is 4.90 Å². The molecule has 1 unspecified atom stereocenters. The molecule has 2 N–H and O–H groups in total. The van der Waals surface area contributed by atoms with E-state index in [9.17, 15) is 19.5 Å². The number of nitrogens with zero attached hydrogens (tertiary/aromatic N) is 1. The lowest BCUT2D eigenvalue weighted by Gasteiger charge is -2.23. The summed E-state index contributed by atoms with van der Waals surface area (Å²) < 4.78 is 4.51. The summed E-state index contributed by atoms with van der Waals surface area (Å²) >= 11 is 0. The monoisotopic (exact) mass is 301 g/mol. The van der Waals surface area contributed by atoms with Gasteiger partial charge in [0.1, 0.15) is 0 Å². The van der Waals surface area contributed by atoms with Crippen LogP contribution >= 0.6 is 0 Å². The van der Waals surface area contributed by atoms with Crippen LogP contribution in [0.1, 0.15) is 39.5 Å². The maximum absolute atomic E-state index is 11.8. The normalized spacial score (nSPS) is 12.1. The van der Waals surface area contributed by atoms with Crippen LogP contribution in [-0.2, 0) is 14.3 Å². The van der Waals surface area contributed by atoms with E-state index < -0.39 is 24.1 Å². The minimum Gasteiger partial charge on any atom is -0.478 e. The average Bonchev–Trinajstić information content (AvgIpc) is 2.42. The number of hydrogen-bond acceptors (Lipinski definition) is 5. The number of aliphatic carboxylic acids is 1. The first-order valence-electron chi connectivity index (χ1n) is 7.00. The molecule has 0 aromatic rings. The van der Waals surface area contributed by atoms with E-state index in [1.54, 1.807) is 0 Å². The lowest BCUT2D eigenvalue weighted by Crippen LogP contribution is -2.39. The molecule has 0 aliphatic carbocycles. The van der Waals surface area contributed by atoms with Gasteiger partial charge in [-0.2, -0.15) is 0 Å². The van der Waals surface area contributed by atoms with Crippen LogP contribution in [0.4, 0.5) is 4.79 Å². The van der Waals surface area contributed by atoms with Gasteiger partial charge in [0, 0.05) is 25.2 Å². The molecule has 0 heterocycles. The summed E-state index contributed by atoms with van der Waals surface area (Å²) in [5, 5.41) is 18.2. The van der Waals surface area contributed by atoms with Crippen LogP contribution in [-0.4, -0.2) is 52.3 Å². The first-order chi connectivity index (χ1) is 9.90. The molecule has 0 saturated heterocycles. The lowest BCUT2D eigenvalue weighted by molar-refractivity contribution is -0.135. The van der Waals surface area contributed by atoms with Gasteiger partial charge in [-0.05, 0) is 12.8 Å². The fourth-order valence-electron chi connectivity index (χ4n) is 1.64. The second kappa shape index (κ2) is 10.8. The number of esters is 1. The molecule has 7 heteroatoms. The second-order valence-electron chi connectivity index (χ2n) is 4.60. The van der Waals surface area contributed by atoms with Crippen LogP contribution in [0.25, 0.3) is 0 Å². The predicted molar refractivity (Wildman–Crippen MR) is 75.7 cm³/mol. The highest BCUT2D eigenvalue weighted by Gasteiger charge is 2.20. The third-order valence-electron chi connectivity index (χ3n) is 2.62. The largest absolute Gasteiger partial charge is 0.478 e. The molecule has 0 spiro atoms. The Morgan fingerprint density at radius 3 is 2.38 bits per heavy atom. The number of amides is 1. The van der Waals surface area contributed by atoms with Crippen molar-refractivity contribution in [3.8, 4) is 0 Å². The molecule has 0 aliphatic heterocycles. The molecule has 120 valence electrons. The SMILES string of the molecule is CCCCC(O)CN(CCC)C(=O)OC(=O)C=CC(=O)O. The summed E-state index contributed by atoms with van der Waals surface area (Å²) in [6, 6.07) is 0. The van der Waals surface area contributed by atoms with E-state index in [0.717, 1.165) is 12.8 Å². The van der Waals surface area contributed by atoms with Crippen LogP contribution in [0.3, 0.4) is 0 Å². The minimum atomic E-state index is -1.31. The highest BCUT2D eigenvalue weighted by Crippen LogP contribution is 2.05. The van der Waals surface area contributed by atoms with Crippen LogP contribution < -0.4 is 0 Å². The third kappa shape index (κ3) is 9.61. The fraction of sp³-hybridized carbons (Fsp3) is 0.643. The Morgan fingerprint density at radius 2 is 1.86 bits per heavy atom. The van der Waals surface area contributed by atoms with Crippen molar-refractivity contribution in [3.05, 3.63) is 12.2 Å². The van der Waals surface area contributed by atoms with Gasteiger partial charge in [0.05, 0.1) is 6.10 Å². The van der Waals surface area contributed by atoms with E-state index in [-0.39, 0.29) is 6.54 Å². The molecular weight excluding hydrogens is 278 g/mol. The summed E-state index contributed by atoms with van der Waals surface area (Å²) in [6.45, 7) is 4.28. The van der Waals surface area contributed by atoms with E-state index in [2.05, 4.69) is 4.74 Å². The summed E-state index contributed by atoms with van der Waals surface area (Å²) in [7, 11) is 0. The second-order valence-corrected chi connectivity index (χ2v) is 4.60. The van der Waals surface area contributed by atoms with E-state index in [4.69, 9.17) is 5.11 Å². The third-order valence-corrected chi connectivity index (χ3v) is 2.62. The van der Waals surface area contributed by atoms with Crippen LogP contribution in [0, 0.1) is 0 Å². The Hall–Kier alpha value is -1.89. The van der Waals surface area contributed by atoms with Crippen molar-refractivity contribution in [1.82, 2.24) is 4.90 Å². The Labute approximate surface area is 124 Å². The van der Waals surface area contributed by atoms with Crippen molar-refractivity contribution >= 4 is 18.0 Å². The topological polar surface area (TPSA) is 104 Å². The summed E-state index contributed by atoms with van der Waals surface area (Å²) in [6.07, 6.45) is 2.70. The maximum Gasteiger partial charge on any atom is 0.417 e. The van der Waals surface area contributed by atoms with Gasteiger partial charge in [-0.25, -0.2) is 14.4 Å². The van der Waals surface area contributed by atoms with E-state index in [1.807, 2.05) is 13.8 Å². The van der Waals surface area contributed by atoms with Crippen molar-refractivity contribution in [2.75, 3.05) is 13.1 Å². The smallest absolute Gasteiger partial charge is 0.417 e. The fourth-order valence-corrected chi connectivity index (χ4v) is 1.64. The first-order valence-corrected chi connectivity index (χ1v) is 7.00. The number of unbranched alkanes of at least 4 members (excludes halogenated alkanes) is 1. The zero-order valence-electron chi connectivity index (χ0n) is 12.4. The zero-order chi connectivity index (χ0) is 16.3. The number of ether oxygens (including phenoxy) is 1. The van der Waals surface area contributed by atoms with Gasteiger partial charge in [0.15, 0.2) is 0 Å². The van der Waals surface area contributed by atoms with Gasteiger partial charge in [-0.15, -0.1) is 0 Å². The lowest BCUT2D eigenvalue weighted by atomic mass is 10.1. The minimum absolute atomic E-state index is 0.0859. The molecule has 0 aromatic heterocycles. The number of aliphatic hydroxyl groups is 1. The molecule has 0 aliphatic rings. The quantitative estimate of drug-likeness (QED) is 0.380. The number of carbonyl (C=O) groups is 3. The van der Waals surface area contributed by atoms with Gasteiger partial charge < -0.3 is 19.8 Å². The molecule has 1 atom stereocenters. The Balaban J connectivity index is 4.47. The number of carboxylic acids is 1. The highest BCUT2D eigenvalue weighted by molar-refractivity contribution is 5.95. The summed E-state index contributed by atoms with van der Waals surface area (Å²) in [5.74, 6) is -2.36. The molecule has 7 nitrogen and oxygen atoms in total. The van der Waals surface area contributed by atoms with Gasteiger partial charge in [-0.3, -0.25) is 0 Å².